The van der Waals surface area contributed by atoms with Crippen molar-refractivity contribution >= 4 is 17.3 Å². The normalized spacial score (nSPS) is 22.1. The van der Waals surface area contributed by atoms with E-state index >= 15 is 0 Å². The molecule has 1 atom stereocenters. The van der Waals surface area contributed by atoms with Crippen LogP contribution >= 0.6 is 0 Å². The lowest BCUT2D eigenvalue weighted by Crippen LogP contribution is -2.37. The van der Waals surface area contributed by atoms with Gasteiger partial charge in [-0.15, -0.1) is 0 Å². The third kappa shape index (κ3) is 6.48. The largest absolute Gasteiger partial charge is 0.370 e. The molecule has 2 aliphatic carbocycles. The van der Waals surface area contributed by atoms with Crippen molar-refractivity contribution < 1.29 is 14.0 Å². The molecular weight excluding hydrogens is 463 g/mol. The second-order valence-electron chi connectivity index (χ2n) is 10.9. The molecule has 37 heavy (non-hydrogen) atoms. The number of aromatic nitrogens is 1. The van der Waals surface area contributed by atoms with E-state index in [2.05, 4.69) is 9.88 Å². The van der Waals surface area contributed by atoms with Crippen molar-refractivity contribution in [3.8, 4) is 0 Å². The molecule has 0 radical (unpaired) electrons. The molecule has 202 valence electrons. The van der Waals surface area contributed by atoms with Gasteiger partial charge in [-0.3, -0.25) is 14.6 Å². The number of piperidine rings is 1. The highest BCUT2D eigenvalue weighted by molar-refractivity contribution is 6.03. The van der Waals surface area contributed by atoms with Gasteiger partial charge in [0.2, 0.25) is 0 Å². The van der Waals surface area contributed by atoms with E-state index in [9.17, 15) is 14.0 Å². The molecule has 3 aliphatic rings. The highest BCUT2D eigenvalue weighted by Gasteiger charge is 2.65. The first-order chi connectivity index (χ1) is 17.4. The van der Waals surface area contributed by atoms with Crippen molar-refractivity contribution in [1.82, 2.24) is 4.98 Å². The molecule has 5 rings (SSSR count). The fourth-order valence-corrected chi connectivity index (χ4v) is 6.25. The van der Waals surface area contributed by atoms with E-state index in [1.165, 1.54) is 25.7 Å². The number of benzene rings is 1. The maximum atomic E-state index is 14.4. The van der Waals surface area contributed by atoms with Crippen LogP contribution in [0.1, 0.15) is 112 Å². The van der Waals surface area contributed by atoms with Crippen LogP contribution in [0.5, 0.6) is 0 Å². The van der Waals surface area contributed by atoms with Gasteiger partial charge in [0, 0.05) is 48.7 Å². The number of hydrogen-bond donors (Lipinski definition) is 0. The van der Waals surface area contributed by atoms with Crippen molar-refractivity contribution in [2.24, 2.45) is 11.3 Å². The molecule has 1 aromatic heterocycles. The number of halogens is 1. The Labute approximate surface area is 223 Å². The number of nitrogens with zero attached hydrogens (tertiary/aromatic N) is 2. The van der Waals surface area contributed by atoms with E-state index in [0.29, 0.717) is 29.9 Å². The molecule has 1 aromatic carbocycles. The van der Waals surface area contributed by atoms with Crippen LogP contribution in [0.25, 0.3) is 0 Å². The van der Waals surface area contributed by atoms with Crippen LogP contribution < -0.4 is 4.90 Å². The minimum atomic E-state index is -1.04. The first-order valence-electron chi connectivity index (χ1n) is 13.9. The van der Waals surface area contributed by atoms with Crippen molar-refractivity contribution in [1.29, 1.82) is 0 Å². The SMILES string of the molecule is C.CC.CC1(F)CC12CCN(c1cnccc1C(=O)Cc1cccc(C(=O)CCC3CCCC3)c1)CC2. The maximum Gasteiger partial charge on any atom is 0.169 e. The Morgan fingerprint density at radius 1 is 1.08 bits per heavy atom. The number of carbonyl (C=O) groups excluding carboxylic acids is 2. The fraction of sp³-hybridized carbons (Fsp3) is 0.594. The average molecular weight is 509 g/mol. The number of carbonyl (C=O) groups is 2. The van der Waals surface area contributed by atoms with Crippen LogP contribution in [0, 0.1) is 11.3 Å². The predicted molar refractivity (Wildman–Crippen MR) is 150 cm³/mol. The van der Waals surface area contributed by atoms with Crippen molar-refractivity contribution in [2.75, 3.05) is 18.0 Å². The molecule has 2 heterocycles. The zero-order valence-electron chi connectivity index (χ0n) is 22.2. The summed E-state index contributed by atoms with van der Waals surface area (Å²) in [5.74, 6) is 0.894. The van der Waals surface area contributed by atoms with E-state index in [4.69, 9.17) is 0 Å². The van der Waals surface area contributed by atoms with Gasteiger partial charge < -0.3 is 4.90 Å². The van der Waals surface area contributed by atoms with Gasteiger partial charge >= 0.3 is 0 Å². The third-order valence-electron chi connectivity index (χ3n) is 8.68. The monoisotopic (exact) mass is 508 g/mol. The first-order valence-corrected chi connectivity index (χ1v) is 13.9. The number of ketones is 2. The van der Waals surface area contributed by atoms with E-state index in [1.807, 2.05) is 38.1 Å². The van der Waals surface area contributed by atoms with E-state index in [0.717, 1.165) is 43.6 Å². The van der Waals surface area contributed by atoms with Crippen LogP contribution in [-0.2, 0) is 6.42 Å². The lowest BCUT2D eigenvalue weighted by Gasteiger charge is -2.35. The van der Waals surface area contributed by atoms with Gasteiger partial charge in [-0.1, -0.05) is 65.2 Å². The number of rotatable bonds is 8. The zero-order chi connectivity index (χ0) is 25.8. The molecule has 1 aliphatic heterocycles. The number of Topliss-reactive ketones (excluding diaryl/α,β-unsaturated/α-hetero) is 2. The van der Waals surface area contributed by atoms with Gasteiger partial charge in [0.05, 0.1) is 11.9 Å². The summed E-state index contributed by atoms with van der Waals surface area (Å²) in [5.41, 5.74) is 1.86. The average Bonchev–Trinajstić information content (AvgIpc) is 3.21. The summed E-state index contributed by atoms with van der Waals surface area (Å²) in [6.45, 7) is 7.21. The molecule has 3 fully saturated rings. The summed E-state index contributed by atoms with van der Waals surface area (Å²) in [4.78, 5) is 32.5. The molecule has 1 saturated heterocycles. The predicted octanol–water partition coefficient (Wildman–Crippen LogP) is 8.04. The Kier molecular flexibility index (Phi) is 9.66. The number of alkyl halides is 1. The summed E-state index contributed by atoms with van der Waals surface area (Å²) >= 11 is 0. The van der Waals surface area contributed by atoms with Gasteiger partial charge in [-0.25, -0.2) is 4.39 Å². The minimum absolute atomic E-state index is 0. The Morgan fingerprint density at radius 3 is 2.41 bits per heavy atom. The zero-order valence-corrected chi connectivity index (χ0v) is 22.2. The third-order valence-corrected chi connectivity index (χ3v) is 8.68. The van der Waals surface area contributed by atoms with Gasteiger partial charge in [-0.2, -0.15) is 0 Å². The van der Waals surface area contributed by atoms with Gasteiger partial charge in [-0.05, 0) is 56.2 Å². The molecule has 2 aromatic rings. The van der Waals surface area contributed by atoms with E-state index in [1.54, 1.807) is 25.4 Å². The second-order valence-corrected chi connectivity index (χ2v) is 10.9. The Hall–Kier alpha value is -2.56. The van der Waals surface area contributed by atoms with Crippen LogP contribution in [0.3, 0.4) is 0 Å². The summed E-state index contributed by atoms with van der Waals surface area (Å²) in [7, 11) is 0. The van der Waals surface area contributed by atoms with Crippen molar-refractivity contribution in [3.05, 3.63) is 59.4 Å². The molecule has 0 amide bonds. The quantitative estimate of drug-likeness (QED) is 0.339. The molecule has 4 nitrogen and oxygen atoms in total. The van der Waals surface area contributed by atoms with Crippen LogP contribution in [0.4, 0.5) is 10.1 Å². The molecule has 2 saturated carbocycles. The molecular formula is C32H45FN2O2. The van der Waals surface area contributed by atoms with Gasteiger partial charge in [0.1, 0.15) is 5.67 Å². The Morgan fingerprint density at radius 2 is 1.76 bits per heavy atom. The standard InChI is InChI=1S/C29H35FN2O2.C2H6.CH4/c1-28(30)20-29(28)12-15-32(16-13-29)25-19-31-14-11-24(25)27(34)18-22-7-4-8-23(17-22)26(33)10-9-21-5-2-3-6-21;1-2;/h4,7-8,11,14,17,19,21H,2-3,5-6,9-10,12-13,15-16,18,20H2,1H3;1-2H3;1H4. The molecule has 0 bridgehead atoms. The second kappa shape index (κ2) is 12.3. The lowest BCUT2D eigenvalue weighted by atomic mass is 9.89. The molecule has 1 spiro atoms. The molecule has 1 unspecified atom stereocenters. The summed E-state index contributed by atoms with van der Waals surface area (Å²) in [5, 5.41) is 0. The van der Waals surface area contributed by atoms with Gasteiger partial charge in [0.25, 0.3) is 0 Å². The van der Waals surface area contributed by atoms with Crippen molar-refractivity contribution in [2.45, 2.75) is 98.1 Å². The smallest absolute Gasteiger partial charge is 0.169 e. The Bertz CT molecular complexity index is 1070. The summed E-state index contributed by atoms with van der Waals surface area (Å²) in [6, 6.07) is 9.34. The number of hydrogen-bond acceptors (Lipinski definition) is 4. The van der Waals surface area contributed by atoms with Gasteiger partial charge in [0.15, 0.2) is 11.6 Å². The first kappa shape index (κ1) is 29.0. The number of anilines is 1. The van der Waals surface area contributed by atoms with Crippen LogP contribution in [-0.4, -0.2) is 35.3 Å². The van der Waals surface area contributed by atoms with E-state index in [-0.39, 0.29) is 30.8 Å². The Balaban J connectivity index is 0.00000124. The summed E-state index contributed by atoms with van der Waals surface area (Å²) < 4.78 is 14.4. The highest BCUT2D eigenvalue weighted by Crippen LogP contribution is 2.64. The summed E-state index contributed by atoms with van der Waals surface area (Å²) in [6.07, 6.45) is 12.6. The van der Waals surface area contributed by atoms with E-state index < -0.39 is 5.67 Å². The van der Waals surface area contributed by atoms with Crippen LogP contribution in [0.15, 0.2) is 42.7 Å². The number of pyridine rings is 1. The van der Waals surface area contributed by atoms with Crippen molar-refractivity contribution in [3.63, 3.8) is 0 Å². The molecule has 0 N–H and O–H groups in total. The molecule has 5 heteroatoms. The highest BCUT2D eigenvalue weighted by atomic mass is 19.1. The maximum absolute atomic E-state index is 14.4. The minimum Gasteiger partial charge on any atom is -0.370 e. The topological polar surface area (TPSA) is 50.3 Å². The fourth-order valence-electron chi connectivity index (χ4n) is 6.25. The lowest BCUT2D eigenvalue weighted by molar-refractivity contribution is 0.0968. The van der Waals surface area contributed by atoms with Crippen LogP contribution in [0.2, 0.25) is 0 Å².